The van der Waals surface area contributed by atoms with E-state index in [0.717, 1.165) is 111 Å². The van der Waals surface area contributed by atoms with E-state index in [1.807, 2.05) is 204 Å². The second kappa shape index (κ2) is 39.8. The second-order valence-corrected chi connectivity index (χ2v) is 37.7. The summed E-state index contributed by atoms with van der Waals surface area (Å²) in [5.41, 5.74) is 8.26. The summed E-state index contributed by atoms with van der Waals surface area (Å²) >= 11 is 0. The minimum atomic E-state index is -2.20. The number of rotatable bonds is 16. The van der Waals surface area contributed by atoms with Gasteiger partial charge in [-0.15, -0.1) is 94.3 Å². The average Bonchev–Trinajstić information content (AvgIpc) is 1.34. The first-order valence-electron chi connectivity index (χ1n) is 41.9. The van der Waals surface area contributed by atoms with Crippen molar-refractivity contribution in [3.63, 3.8) is 0 Å². The standard InChI is InChI=1S/2C27H20N6.C26H20N6Si.C23H16F6N4.4Pt/c1-27(2,23-11-15-29-26(30-23)33-18-14-20-8-4-6-10-22(20)33)25-28-16-12-24(31-25)32-17-13-19-7-3-5-9-21(19)32;1-27(2,23-11-15-28-25(30-23)32-17-13-19-7-3-5-9-21(19)32)24-12-16-29-26(31-24)33-18-14-20-8-4-6-10-22(20)33;1-33(2,23-11-3-9-21(29-23)31-17-13-19-7-5-15-27-25(19)31)24-12-4-10-22(30-24)32-18-14-20-8-6-16-28-26(20)32;1-11-5-15(30-17(7-11)32-9-13(24)19(26)21(32)28)23(3,4)16-6-12(2)8-18(31-16)33-10-14(25)20(27)22(33)29;;;;/h3*3-16H,1-2H3;5-8H,1-4H3;;;;/q4*-2;4*+2. The molecule has 0 bridgehead atoms. The van der Waals surface area contributed by atoms with Crippen molar-refractivity contribution in [3.05, 3.63) is 410 Å². The summed E-state index contributed by atoms with van der Waals surface area (Å²) < 4.78 is 94.8. The molecule has 0 saturated heterocycles. The van der Waals surface area contributed by atoms with E-state index in [2.05, 4.69) is 172 Å². The number of fused-ring (bicyclic) bond motifs is 6. The molecule has 22 aromatic rings. The molecule has 0 unspecified atom stereocenters. The number of benzene rings is 4. The fraction of sp³-hybridized carbons (Fsp3) is 0.126. The van der Waals surface area contributed by atoms with Crippen LogP contribution in [0.3, 0.4) is 0 Å². The Bertz CT molecular complexity index is 7100. The summed E-state index contributed by atoms with van der Waals surface area (Å²) in [6.45, 7) is 19.7. The number of aryl methyl sites for hydroxylation is 2. The van der Waals surface area contributed by atoms with Crippen LogP contribution in [0.15, 0.2) is 280 Å². The van der Waals surface area contributed by atoms with E-state index in [1.54, 1.807) is 77.0 Å². The number of halogens is 6. The van der Waals surface area contributed by atoms with Gasteiger partial charge >= 0.3 is 84.3 Å². The molecule has 136 heavy (non-hydrogen) atoms. The van der Waals surface area contributed by atoms with Crippen LogP contribution < -0.4 is 10.6 Å². The zero-order valence-electron chi connectivity index (χ0n) is 73.9. The molecule has 684 valence electrons. The molecule has 22 nitrogen and oxygen atoms in total. The van der Waals surface area contributed by atoms with Gasteiger partial charge in [-0.25, -0.2) is 13.8 Å². The Morgan fingerprint density at radius 3 is 1.00 bits per heavy atom. The largest absolute Gasteiger partial charge is 2.00 e. The van der Waals surface area contributed by atoms with E-state index >= 15 is 0 Å². The van der Waals surface area contributed by atoms with Gasteiger partial charge in [-0.1, -0.05) is 216 Å². The first-order valence-corrected chi connectivity index (χ1v) is 44.9. The van der Waals surface area contributed by atoms with E-state index < -0.39 is 59.5 Å². The van der Waals surface area contributed by atoms with Crippen molar-refractivity contribution in [2.45, 2.75) is 84.7 Å². The Morgan fingerprint density at radius 1 is 0.279 bits per heavy atom. The van der Waals surface area contributed by atoms with Gasteiger partial charge in [0.05, 0.1) is 57.8 Å². The fourth-order valence-electron chi connectivity index (χ4n) is 15.7. The van der Waals surface area contributed by atoms with Gasteiger partial charge in [0, 0.05) is 98.4 Å². The monoisotopic (exact) mass is 2540 g/mol. The van der Waals surface area contributed by atoms with Crippen LogP contribution in [0, 0.1) is 98.6 Å². The van der Waals surface area contributed by atoms with Gasteiger partial charge in [0.1, 0.15) is 35.6 Å². The first-order chi connectivity index (χ1) is 63.7. The molecule has 0 N–H and O–H groups in total. The van der Waals surface area contributed by atoms with Crippen molar-refractivity contribution in [1.82, 2.24) is 106 Å². The Balaban J connectivity index is 0.000000137. The maximum atomic E-state index is 14.1. The van der Waals surface area contributed by atoms with E-state index in [4.69, 9.17) is 29.9 Å². The summed E-state index contributed by atoms with van der Waals surface area (Å²) in [5.74, 6) is -4.67. The van der Waals surface area contributed by atoms with Crippen molar-refractivity contribution < 1.29 is 111 Å². The molecule has 0 spiro atoms. The molecule has 18 heterocycles. The molecule has 22 rings (SSSR count). The summed E-state index contributed by atoms with van der Waals surface area (Å²) in [5, 5.41) is 8.59. The third kappa shape index (κ3) is 18.8. The van der Waals surface area contributed by atoms with Gasteiger partial charge in [-0.2, -0.15) is 0 Å². The van der Waals surface area contributed by atoms with Gasteiger partial charge in [-0.3, -0.25) is 82.4 Å². The van der Waals surface area contributed by atoms with Crippen LogP contribution in [0.1, 0.15) is 87.0 Å². The van der Waals surface area contributed by atoms with Crippen LogP contribution in [0.25, 0.3) is 113 Å². The van der Waals surface area contributed by atoms with Gasteiger partial charge in [0.2, 0.25) is 0 Å². The number of hydrogen-bond donors (Lipinski definition) is 0. The maximum absolute atomic E-state index is 14.1. The molecule has 4 aromatic carbocycles. The van der Waals surface area contributed by atoms with Gasteiger partial charge in [0.15, 0.2) is 8.07 Å². The number of para-hydroxylation sites is 4. The third-order valence-corrected chi connectivity index (χ3v) is 26.3. The van der Waals surface area contributed by atoms with Crippen LogP contribution in [0.5, 0.6) is 0 Å². The molecule has 0 aliphatic rings. The topological polar surface area (TPSA) is 220 Å². The molecule has 33 heteroatoms. The van der Waals surface area contributed by atoms with Crippen LogP contribution in [0.2, 0.25) is 13.1 Å². The van der Waals surface area contributed by atoms with Crippen molar-refractivity contribution >= 4 is 84.4 Å². The van der Waals surface area contributed by atoms with Gasteiger partial charge < -0.3 is 36.5 Å². The van der Waals surface area contributed by atoms with Crippen molar-refractivity contribution in [2.75, 3.05) is 0 Å². The van der Waals surface area contributed by atoms with E-state index in [-0.39, 0.29) is 95.9 Å². The zero-order valence-corrected chi connectivity index (χ0v) is 84.0. The maximum Gasteiger partial charge on any atom is 2.00 e. The fourth-order valence-corrected chi connectivity index (χ4v) is 17.7. The molecule has 0 atom stereocenters. The van der Waals surface area contributed by atoms with Gasteiger partial charge in [0.25, 0.3) is 0 Å². The summed E-state index contributed by atoms with van der Waals surface area (Å²) in [6.07, 6.45) is 34.2. The summed E-state index contributed by atoms with van der Waals surface area (Å²) in [6, 6.07) is 78.3. The minimum Gasteiger partial charge on any atom is -0.429 e. The first kappa shape index (κ1) is 97.0. The third-order valence-electron chi connectivity index (χ3n) is 23.2. The van der Waals surface area contributed by atoms with Crippen LogP contribution in [-0.4, -0.2) is 114 Å². The quantitative estimate of drug-likeness (QED) is 0.0499. The normalized spacial score (nSPS) is 11.6. The molecule has 0 radical (unpaired) electrons. The van der Waals surface area contributed by atoms with E-state index in [9.17, 15) is 26.3 Å². The Hall–Kier alpha value is -13.5. The average molecular weight is 2540 g/mol. The number of aromatic nitrogens is 22. The number of hydrogen-bond acceptors (Lipinski definition) is 14. The van der Waals surface area contributed by atoms with Crippen molar-refractivity contribution in [2.24, 2.45) is 0 Å². The molecular weight excluding hydrogens is 2470 g/mol. The van der Waals surface area contributed by atoms with Crippen LogP contribution in [0.4, 0.5) is 26.3 Å². The van der Waals surface area contributed by atoms with E-state index in [1.165, 1.54) is 12.1 Å². The SMILES string of the molecule is CC(C)(c1ccnc(-n2[c-]cc3ccccc32)n1)c1ccnc(-n2[c-]cc3ccccc32)n1.CC(C)(c1ccnc(-n2[c-]cc3ccccc32)n1)c1nccc(-n2[c-]cc3ccccc32)n1.C[Si](C)(c1cccc(-n2[c-]cc3cccnc32)n1)c1cccc(-n2[c-]cc3cccnc32)n1.Cc1cc(-n2[c-]c(F)c(F)c2F)nc(C(C)(C)c2cc(C)cc(-n3[c-]c(F)c(F)c3F)n2)c1.[Pt+2].[Pt+2].[Pt+2].[Pt+2]. The molecule has 0 aliphatic heterocycles. The Morgan fingerprint density at radius 2 is 0.610 bits per heavy atom. The Labute approximate surface area is 835 Å². The second-order valence-electron chi connectivity index (χ2n) is 33.5. The molecule has 0 aliphatic carbocycles. The molecule has 0 fully saturated rings. The smallest absolute Gasteiger partial charge is 0.429 e. The number of pyridine rings is 6. The molecule has 0 amide bonds. The number of nitrogens with zero attached hydrogens (tertiary/aromatic N) is 22. The van der Waals surface area contributed by atoms with Crippen LogP contribution in [-0.2, 0) is 101 Å². The zero-order chi connectivity index (χ0) is 91.5. The molecule has 18 aromatic heterocycles. The molecular formula is C103H76F6N22Pt4Si. The van der Waals surface area contributed by atoms with E-state index in [0.29, 0.717) is 55.3 Å². The predicted molar refractivity (Wildman–Crippen MR) is 493 cm³/mol. The predicted octanol–water partition coefficient (Wildman–Crippen LogP) is 19.2. The van der Waals surface area contributed by atoms with Crippen molar-refractivity contribution in [1.29, 1.82) is 0 Å². The summed E-state index contributed by atoms with van der Waals surface area (Å²) in [7, 11) is -2.20. The Kier molecular flexibility index (Phi) is 28.4. The molecule has 0 saturated carbocycles. The summed E-state index contributed by atoms with van der Waals surface area (Å²) in [4.78, 5) is 65.5. The van der Waals surface area contributed by atoms with Gasteiger partial charge in [-0.05, 0) is 116 Å². The van der Waals surface area contributed by atoms with Crippen molar-refractivity contribution in [3.8, 4) is 46.9 Å². The van der Waals surface area contributed by atoms with Crippen LogP contribution >= 0.6 is 0 Å². The minimum absolute atomic E-state index is 0.